The summed E-state index contributed by atoms with van der Waals surface area (Å²) in [5.41, 5.74) is 3.14. The van der Waals surface area contributed by atoms with E-state index in [0.29, 0.717) is 23.3 Å². The summed E-state index contributed by atoms with van der Waals surface area (Å²) in [5.74, 6) is 0.198. The number of allylic oxidation sites excluding steroid dienone is 4. The lowest BCUT2D eigenvalue weighted by atomic mass is 9.97. The Morgan fingerprint density at radius 1 is 0.833 bits per heavy atom. The minimum absolute atomic E-state index is 0.348. The molecule has 0 bridgehead atoms. The fraction of sp³-hybridized carbons (Fsp3) is 0.100. The summed E-state index contributed by atoms with van der Waals surface area (Å²) in [6, 6.07) is 16.2. The third-order valence-electron chi connectivity index (χ3n) is 3.83. The molecule has 1 aliphatic rings. The van der Waals surface area contributed by atoms with Crippen molar-refractivity contribution < 1.29 is 14.3 Å². The van der Waals surface area contributed by atoms with Crippen molar-refractivity contribution in [2.24, 2.45) is 0 Å². The Hall–Kier alpha value is -2.65. The molecule has 3 nitrogen and oxygen atoms in total. The van der Waals surface area contributed by atoms with Crippen LogP contribution < -0.4 is 0 Å². The number of rotatable bonds is 4. The van der Waals surface area contributed by atoms with Gasteiger partial charge in [-0.3, -0.25) is 4.79 Å². The van der Waals surface area contributed by atoms with Crippen molar-refractivity contribution in [1.82, 2.24) is 0 Å². The summed E-state index contributed by atoms with van der Waals surface area (Å²) in [4.78, 5) is 23.2. The molecule has 3 rings (SSSR count). The van der Waals surface area contributed by atoms with Crippen LogP contribution in [0.2, 0.25) is 0 Å². The highest BCUT2D eigenvalue weighted by Gasteiger charge is 2.14. The first-order chi connectivity index (χ1) is 11.6. The molecule has 2 aromatic rings. The van der Waals surface area contributed by atoms with Gasteiger partial charge in [0.2, 0.25) is 0 Å². The average molecular weight is 339 g/mol. The Labute approximate surface area is 145 Å². The van der Waals surface area contributed by atoms with Gasteiger partial charge >= 0.3 is 5.97 Å². The van der Waals surface area contributed by atoms with Crippen LogP contribution in [0.5, 0.6) is 0 Å². The van der Waals surface area contributed by atoms with Crippen LogP contribution in [0.3, 0.4) is 0 Å². The molecule has 0 fully saturated rings. The standard InChI is InChI=1S/C20H15ClO3/c21-19(22)16-6-8-17(9-7-16)20(23)24-18-12-10-15(11-13-18)14-4-2-1-3-5-14/h1-10,12H,11,13H2. The van der Waals surface area contributed by atoms with E-state index in [1.807, 2.05) is 30.4 Å². The van der Waals surface area contributed by atoms with E-state index in [9.17, 15) is 9.59 Å². The van der Waals surface area contributed by atoms with Crippen LogP contribution in [0.15, 0.2) is 72.5 Å². The summed E-state index contributed by atoms with van der Waals surface area (Å²) < 4.78 is 5.42. The van der Waals surface area contributed by atoms with Crippen molar-refractivity contribution in [3.63, 3.8) is 0 Å². The molecule has 0 unspecified atom stereocenters. The summed E-state index contributed by atoms with van der Waals surface area (Å²) in [7, 11) is 0. The molecule has 0 atom stereocenters. The minimum atomic E-state index is -0.552. The first-order valence-electron chi connectivity index (χ1n) is 7.61. The van der Waals surface area contributed by atoms with Crippen molar-refractivity contribution in [2.45, 2.75) is 12.8 Å². The molecule has 0 N–H and O–H groups in total. The number of hydrogen-bond donors (Lipinski definition) is 0. The number of carbonyl (C=O) groups excluding carboxylic acids is 2. The molecule has 0 saturated carbocycles. The van der Waals surface area contributed by atoms with Crippen LogP contribution >= 0.6 is 11.6 Å². The van der Waals surface area contributed by atoms with Gasteiger partial charge in [-0.25, -0.2) is 4.79 Å². The van der Waals surface area contributed by atoms with Crippen molar-refractivity contribution >= 4 is 28.4 Å². The van der Waals surface area contributed by atoms with Gasteiger partial charge < -0.3 is 4.74 Å². The zero-order chi connectivity index (χ0) is 16.9. The molecule has 0 amide bonds. The molecule has 0 radical (unpaired) electrons. The third kappa shape index (κ3) is 3.81. The Bertz CT molecular complexity index is 818. The molecule has 1 aliphatic carbocycles. The minimum Gasteiger partial charge on any atom is -0.427 e. The smallest absolute Gasteiger partial charge is 0.343 e. The largest absolute Gasteiger partial charge is 0.427 e. The van der Waals surface area contributed by atoms with Gasteiger partial charge in [-0.15, -0.1) is 0 Å². The second-order valence-electron chi connectivity index (χ2n) is 5.43. The van der Waals surface area contributed by atoms with E-state index in [1.165, 1.54) is 35.4 Å². The van der Waals surface area contributed by atoms with Gasteiger partial charge in [0.15, 0.2) is 0 Å². The van der Waals surface area contributed by atoms with Crippen LogP contribution in [0, 0.1) is 0 Å². The van der Waals surface area contributed by atoms with E-state index in [4.69, 9.17) is 16.3 Å². The Morgan fingerprint density at radius 2 is 1.50 bits per heavy atom. The molecule has 0 aromatic heterocycles. The molecule has 2 aromatic carbocycles. The van der Waals surface area contributed by atoms with Crippen LogP contribution in [-0.4, -0.2) is 11.2 Å². The summed E-state index contributed by atoms with van der Waals surface area (Å²) >= 11 is 5.38. The zero-order valence-electron chi connectivity index (χ0n) is 12.9. The highest BCUT2D eigenvalue weighted by atomic mass is 35.5. The van der Waals surface area contributed by atoms with E-state index in [2.05, 4.69) is 12.1 Å². The Kier molecular flexibility index (Phi) is 4.92. The zero-order valence-corrected chi connectivity index (χ0v) is 13.6. The number of carbonyl (C=O) groups is 2. The van der Waals surface area contributed by atoms with Crippen molar-refractivity contribution in [3.8, 4) is 0 Å². The quantitative estimate of drug-likeness (QED) is 0.583. The van der Waals surface area contributed by atoms with Gasteiger partial charge in [0.25, 0.3) is 5.24 Å². The molecule has 0 heterocycles. The monoisotopic (exact) mass is 338 g/mol. The molecule has 4 heteroatoms. The molecule has 120 valence electrons. The molecule has 0 spiro atoms. The lowest BCUT2D eigenvalue weighted by molar-refractivity contribution is 0.0614. The van der Waals surface area contributed by atoms with E-state index in [-0.39, 0.29) is 0 Å². The lowest BCUT2D eigenvalue weighted by Crippen LogP contribution is -2.07. The second-order valence-corrected chi connectivity index (χ2v) is 5.77. The number of benzene rings is 2. The van der Waals surface area contributed by atoms with Crippen molar-refractivity contribution in [1.29, 1.82) is 0 Å². The van der Waals surface area contributed by atoms with Crippen LogP contribution in [0.4, 0.5) is 0 Å². The predicted molar refractivity (Wildman–Crippen MR) is 93.8 cm³/mol. The maximum absolute atomic E-state index is 12.1. The van der Waals surface area contributed by atoms with Gasteiger partial charge in [-0.2, -0.15) is 0 Å². The number of hydrogen-bond acceptors (Lipinski definition) is 3. The average Bonchev–Trinajstić information content (AvgIpc) is 2.63. The van der Waals surface area contributed by atoms with Crippen LogP contribution in [0.25, 0.3) is 5.57 Å². The molecule has 0 saturated heterocycles. The summed E-state index contributed by atoms with van der Waals surface area (Å²) in [6.45, 7) is 0. The molecule has 0 aliphatic heterocycles. The van der Waals surface area contributed by atoms with Gasteiger partial charge in [0, 0.05) is 12.0 Å². The topological polar surface area (TPSA) is 43.4 Å². The fourth-order valence-electron chi connectivity index (χ4n) is 2.51. The Morgan fingerprint density at radius 3 is 2.08 bits per heavy atom. The highest BCUT2D eigenvalue weighted by molar-refractivity contribution is 6.67. The summed E-state index contributed by atoms with van der Waals surface area (Å²) in [6.07, 6.45) is 5.31. The van der Waals surface area contributed by atoms with E-state index >= 15 is 0 Å². The van der Waals surface area contributed by atoms with E-state index in [0.717, 1.165) is 6.42 Å². The number of halogens is 1. The van der Waals surface area contributed by atoms with E-state index < -0.39 is 11.2 Å². The maximum Gasteiger partial charge on any atom is 0.343 e. The number of ether oxygens (including phenoxy) is 1. The van der Waals surface area contributed by atoms with Gasteiger partial charge in [0.1, 0.15) is 5.76 Å². The lowest BCUT2D eigenvalue weighted by Gasteiger charge is -2.15. The fourth-order valence-corrected chi connectivity index (χ4v) is 2.64. The first kappa shape index (κ1) is 16.2. The van der Waals surface area contributed by atoms with Crippen molar-refractivity contribution in [3.05, 3.63) is 89.2 Å². The maximum atomic E-state index is 12.1. The first-order valence-corrected chi connectivity index (χ1v) is 7.98. The van der Waals surface area contributed by atoms with Crippen LogP contribution in [-0.2, 0) is 4.74 Å². The normalized spacial score (nSPS) is 13.7. The van der Waals surface area contributed by atoms with Gasteiger partial charge in [0.05, 0.1) is 5.56 Å². The number of esters is 1. The van der Waals surface area contributed by atoms with Crippen LogP contribution in [0.1, 0.15) is 39.1 Å². The molecule has 24 heavy (non-hydrogen) atoms. The highest BCUT2D eigenvalue weighted by Crippen LogP contribution is 2.27. The molecular formula is C20H15ClO3. The predicted octanol–water partition coefficient (Wildman–Crippen LogP) is 4.98. The third-order valence-corrected chi connectivity index (χ3v) is 4.05. The van der Waals surface area contributed by atoms with Gasteiger partial charge in [-0.1, -0.05) is 36.4 Å². The second kappa shape index (κ2) is 7.28. The Balaban J connectivity index is 1.68. The van der Waals surface area contributed by atoms with Crippen molar-refractivity contribution in [2.75, 3.05) is 0 Å². The molecular weight excluding hydrogens is 324 g/mol. The summed E-state index contributed by atoms with van der Waals surface area (Å²) in [5, 5.41) is -0.552. The van der Waals surface area contributed by atoms with Gasteiger partial charge in [-0.05, 0) is 59.5 Å². The van der Waals surface area contributed by atoms with E-state index in [1.54, 1.807) is 0 Å². The SMILES string of the molecule is O=C(Cl)c1ccc(C(=O)OC2=CC=C(c3ccccc3)CC2)cc1.